The van der Waals surface area contributed by atoms with Crippen LogP contribution in [0, 0.1) is 17.8 Å². The number of aliphatic hydroxyl groups is 1. The number of allylic oxidation sites excluding steroid dienone is 1. The van der Waals surface area contributed by atoms with E-state index in [1.807, 2.05) is 0 Å². The van der Waals surface area contributed by atoms with Gasteiger partial charge >= 0.3 is 5.97 Å². The standard InChI is InChI=1S/C18H22O7S/c1-10(19)15-12-9-13(26(22,23)11-7-5-4-6-8-11)14(17(20)21)16(12)18(15,24-2)25-3/h4-8,10,12,15-16,19H,9H2,1-3H3,(H,20,21)/t10?,12-,15?,16-/m1/s1. The number of methoxy groups -OCH3 is 2. The lowest BCUT2D eigenvalue weighted by molar-refractivity contribution is -0.351. The van der Waals surface area contributed by atoms with Gasteiger partial charge in [0.05, 0.1) is 27.4 Å². The van der Waals surface area contributed by atoms with E-state index in [2.05, 4.69) is 0 Å². The fourth-order valence-electron chi connectivity index (χ4n) is 4.60. The molecule has 0 saturated heterocycles. The van der Waals surface area contributed by atoms with Crippen LogP contribution in [0.15, 0.2) is 45.7 Å². The van der Waals surface area contributed by atoms with Gasteiger partial charge in [0.25, 0.3) is 0 Å². The molecule has 1 saturated carbocycles. The van der Waals surface area contributed by atoms with E-state index in [9.17, 15) is 23.4 Å². The molecule has 2 unspecified atom stereocenters. The molecule has 4 atom stereocenters. The molecule has 8 heteroatoms. The van der Waals surface area contributed by atoms with Crippen molar-refractivity contribution in [2.24, 2.45) is 17.8 Å². The van der Waals surface area contributed by atoms with Crippen LogP contribution < -0.4 is 0 Å². The summed E-state index contributed by atoms with van der Waals surface area (Å²) in [4.78, 5) is 11.9. The van der Waals surface area contributed by atoms with Crippen LogP contribution in [0.3, 0.4) is 0 Å². The molecular formula is C18H22O7S. The van der Waals surface area contributed by atoms with Gasteiger partial charge in [-0.1, -0.05) is 18.2 Å². The van der Waals surface area contributed by atoms with Crippen LogP contribution in [0.25, 0.3) is 0 Å². The summed E-state index contributed by atoms with van der Waals surface area (Å²) in [5.74, 6) is -4.34. The van der Waals surface area contributed by atoms with Crippen LogP contribution in [0.4, 0.5) is 0 Å². The Kier molecular flexibility index (Phi) is 4.72. The highest BCUT2D eigenvalue weighted by atomic mass is 32.2. The Balaban J connectivity index is 2.16. The summed E-state index contributed by atoms with van der Waals surface area (Å²) in [5, 5.41) is 19.9. The van der Waals surface area contributed by atoms with Crippen LogP contribution in [0.1, 0.15) is 13.3 Å². The monoisotopic (exact) mass is 382 g/mol. The lowest BCUT2D eigenvalue weighted by atomic mass is 9.57. The zero-order valence-corrected chi connectivity index (χ0v) is 15.6. The Morgan fingerprint density at radius 1 is 1.23 bits per heavy atom. The lowest BCUT2D eigenvalue weighted by Gasteiger charge is -2.58. The second-order valence-corrected chi connectivity index (χ2v) is 8.67. The number of fused-ring (bicyclic) bond motifs is 1. The predicted molar refractivity (Wildman–Crippen MR) is 91.8 cm³/mol. The minimum Gasteiger partial charge on any atom is -0.478 e. The molecule has 2 N–H and O–H groups in total. The average Bonchev–Trinajstić information content (AvgIpc) is 2.94. The van der Waals surface area contributed by atoms with Crippen molar-refractivity contribution in [3.05, 3.63) is 40.8 Å². The van der Waals surface area contributed by atoms with Gasteiger partial charge in [-0.15, -0.1) is 0 Å². The zero-order chi connectivity index (χ0) is 19.3. The summed E-state index contributed by atoms with van der Waals surface area (Å²) < 4.78 is 37.1. The molecule has 0 aromatic heterocycles. The van der Waals surface area contributed by atoms with E-state index in [1.165, 1.54) is 26.4 Å². The van der Waals surface area contributed by atoms with E-state index in [0.717, 1.165) is 0 Å². The molecule has 142 valence electrons. The Morgan fingerprint density at radius 2 is 1.81 bits per heavy atom. The number of carboxylic acids is 1. The quantitative estimate of drug-likeness (QED) is 0.716. The number of carboxylic acid groups (broad SMARTS) is 1. The van der Waals surface area contributed by atoms with Crippen LogP contribution in [0.5, 0.6) is 0 Å². The molecule has 0 amide bonds. The first kappa shape index (κ1) is 19.0. The van der Waals surface area contributed by atoms with Crippen LogP contribution >= 0.6 is 0 Å². The zero-order valence-electron chi connectivity index (χ0n) is 14.7. The predicted octanol–water partition coefficient (Wildman–Crippen LogP) is 1.43. The maximum atomic E-state index is 13.1. The summed E-state index contributed by atoms with van der Waals surface area (Å²) >= 11 is 0. The van der Waals surface area contributed by atoms with E-state index in [1.54, 1.807) is 25.1 Å². The van der Waals surface area contributed by atoms with Crippen molar-refractivity contribution in [2.75, 3.05) is 14.2 Å². The number of hydrogen-bond donors (Lipinski definition) is 2. The summed E-state index contributed by atoms with van der Waals surface area (Å²) in [6.07, 6.45) is -0.807. The first-order valence-electron chi connectivity index (χ1n) is 8.27. The molecule has 1 fully saturated rings. The van der Waals surface area contributed by atoms with E-state index in [-0.39, 0.29) is 27.7 Å². The summed E-state index contributed by atoms with van der Waals surface area (Å²) in [7, 11) is -1.22. The Hall–Kier alpha value is -1.74. The highest BCUT2D eigenvalue weighted by Gasteiger charge is 2.70. The Bertz CT molecular complexity index is 838. The normalized spacial score (nSPS) is 28.4. The van der Waals surface area contributed by atoms with Gasteiger partial charge in [-0.2, -0.15) is 0 Å². The largest absolute Gasteiger partial charge is 0.478 e. The molecule has 0 radical (unpaired) electrons. The Morgan fingerprint density at radius 3 is 2.27 bits per heavy atom. The van der Waals surface area contributed by atoms with Gasteiger partial charge < -0.3 is 19.7 Å². The van der Waals surface area contributed by atoms with Crippen LogP contribution in [-0.2, 0) is 24.1 Å². The third-order valence-electron chi connectivity index (χ3n) is 5.59. The van der Waals surface area contributed by atoms with Crippen molar-refractivity contribution >= 4 is 15.8 Å². The number of sulfone groups is 1. The number of carbonyl (C=O) groups is 1. The summed E-state index contributed by atoms with van der Waals surface area (Å²) in [6, 6.07) is 7.74. The highest BCUT2D eigenvalue weighted by molar-refractivity contribution is 7.95. The van der Waals surface area contributed by atoms with Gasteiger partial charge in [0, 0.05) is 20.1 Å². The van der Waals surface area contributed by atoms with Crippen LogP contribution in [0.2, 0.25) is 0 Å². The van der Waals surface area contributed by atoms with Gasteiger partial charge in [0.2, 0.25) is 9.84 Å². The van der Waals surface area contributed by atoms with Gasteiger partial charge in [0.1, 0.15) is 0 Å². The molecule has 0 bridgehead atoms. The minimum absolute atomic E-state index is 0.0353. The van der Waals surface area contributed by atoms with E-state index >= 15 is 0 Å². The maximum absolute atomic E-state index is 13.1. The van der Waals surface area contributed by atoms with E-state index < -0.39 is 39.5 Å². The topological polar surface area (TPSA) is 110 Å². The lowest BCUT2D eigenvalue weighted by Crippen LogP contribution is -2.67. The fourth-order valence-corrected chi connectivity index (χ4v) is 6.32. The van der Waals surface area contributed by atoms with Crippen molar-refractivity contribution in [1.29, 1.82) is 0 Å². The molecule has 0 spiro atoms. The van der Waals surface area contributed by atoms with Gasteiger partial charge in [-0.05, 0) is 31.4 Å². The van der Waals surface area contributed by atoms with Crippen molar-refractivity contribution in [3.8, 4) is 0 Å². The first-order valence-corrected chi connectivity index (χ1v) is 9.75. The van der Waals surface area contributed by atoms with Crippen molar-refractivity contribution in [2.45, 2.75) is 30.1 Å². The molecule has 1 aromatic rings. The highest BCUT2D eigenvalue weighted by Crippen LogP contribution is 2.63. The van der Waals surface area contributed by atoms with Crippen LogP contribution in [-0.4, -0.2) is 50.7 Å². The van der Waals surface area contributed by atoms with Crippen molar-refractivity contribution in [1.82, 2.24) is 0 Å². The third-order valence-corrected chi connectivity index (χ3v) is 7.51. The molecular weight excluding hydrogens is 360 g/mol. The number of aliphatic hydroxyl groups excluding tert-OH is 1. The number of hydrogen-bond acceptors (Lipinski definition) is 6. The number of rotatable bonds is 6. The van der Waals surface area contributed by atoms with E-state index in [0.29, 0.717) is 0 Å². The number of ether oxygens (including phenoxy) is 2. The van der Waals surface area contributed by atoms with Gasteiger partial charge in [-0.3, -0.25) is 0 Å². The van der Waals surface area contributed by atoms with Crippen molar-refractivity contribution in [3.63, 3.8) is 0 Å². The molecule has 26 heavy (non-hydrogen) atoms. The van der Waals surface area contributed by atoms with Crippen molar-refractivity contribution < 1.29 is 32.9 Å². The van der Waals surface area contributed by atoms with E-state index in [4.69, 9.17) is 9.47 Å². The number of benzene rings is 1. The maximum Gasteiger partial charge on any atom is 0.333 e. The molecule has 0 aliphatic heterocycles. The molecule has 2 aliphatic rings. The van der Waals surface area contributed by atoms with Gasteiger partial charge in [0.15, 0.2) is 5.79 Å². The molecule has 7 nitrogen and oxygen atoms in total. The second kappa shape index (κ2) is 6.45. The minimum atomic E-state index is -3.97. The van der Waals surface area contributed by atoms with Gasteiger partial charge in [-0.25, -0.2) is 13.2 Å². The Labute approximate surface area is 152 Å². The molecule has 2 aliphatic carbocycles. The smallest absolute Gasteiger partial charge is 0.333 e. The SMILES string of the molecule is COC1(OC)C(C(C)O)[C@H]2CC(S(=O)(=O)c3ccccc3)=C(C(=O)O)[C@@H]21. The average molecular weight is 382 g/mol. The fraction of sp³-hybridized carbons (Fsp3) is 0.500. The molecule has 1 aromatic carbocycles. The number of aliphatic carboxylic acids is 1. The summed E-state index contributed by atoms with van der Waals surface area (Å²) in [6.45, 7) is 1.57. The summed E-state index contributed by atoms with van der Waals surface area (Å²) in [5.41, 5.74) is -0.209. The first-order chi connectivity index (χ1) is 12.2. The second-order valence-electron chi connectivity index (χ2n) is 6.70. The third kappa shape index (κ3) is 2.44. The molecule has 3 rings (SSSR count). The molecule has 0 heterocycles.